The van der Waals surface area contributed by atoms with E-state index in [4.69, 9.17) is 9.26 Å². The van der Waals surface area contributed by atoms with Crippen LogP contribution in [0.15, 0.2) is 59.1 Å². The van der Waals surface area contributed by atoms with Crippen LogP contribution in [0.3, 0.4) is 0 Å². The summed E-state index contributed by atoms with van der Waals surface area (Å²) < 4.78 is 11.3. The molecule has 0 bridgehead atoms. The summed E-state index contributed by atoms with van der Waals surface area (Å²) in [5.74, 6) is 2.27. The van der Waals surface area contributed by atoms with Crippen molar-refractivity contribution in [2.45, 2.75) is 39.8 Å². The van der Waals surface area contributed by atoms with Gasteiger partial charge in [-0.3, -0.25) is 0 Å². The number of ether oxygens (including phenoxy) is 1. The number of rotatable bonds is 7. The molecular formula is C23H24N4O2. The molecule has 4 rings (SSSR count). The first kappa shape index (κ1) is 18.9. The maximum atomic E-state index is 5.70. The molecule has 0 atom stereocenters. The van der Waals surface area contributed by atoms with Crippen LogP contribution in [-0.4, -0.2) is 21.2 Å². The Balaban J connectivity index is 1.61. The number of fused-ring (bicyclic) bond motifs is 1. The molecule has 0 radical (unpaired) electrons. The first-order chi connectivity index (χ1) is 14.1. The first-order valence-corrected chi connectivity index (χ1v) is 9.85. The number of hydrogen-bond acceptors (Lipinski definition) is 6. The zero-order valence-corrected chi connectivity index (χ0v) is 16.8. The fourth-order valence-electron chi connectivity index (χ4n) is 3.09. The van der Waals surface area contributed by atoms with E-state index in [9.17, 15) is 0 Å². The summed E-state index contributed by atoms with van der Waals surface area (Å²) in [6, 6.07) is 18.0. The summed E-state index contributed by atoms with van der Waals surface area (Å²) in [5.41, 5.74) is 4.12. The molecule has 2 heterocycles. The SMILES string of the molecule is CCc1nc(NCc2ccc(OC(C)C)cc2)c2onc(-c3ccccc3)c2n1. The van der Waals surface area contributed by atoms with Crippen LogP contribution in [0.1, 0.15) is 32.2 Å². The zero-order valence-electron chi connectivity index (χ0n) is 16.8. The van der Waals surface area contributed by atoms with E-state index in [-0.39, 0.29) is 6.10 Å². The van der Waals surface area contributed by atoms with Crippen LogP contribution in [-0.2, 0) is 13.0 Å². The van der Waals surface area contributed by atoms with E-state index in [0.717, 1.165) is 40.3 Å². The Morgan fingerprint density at radius 2 is 1.76 bits per heavy atom. The van der Waals surface area contributed by atoms with E-state index in [0.29, 0.717) is 17.9 Å². The van der Waals surface area contributed by atoms with Gasteiger partial charge in [-0.05, 0) is 31.5 Å². The van der Waals surface area contributed by atoms with E-state index < -0.39 is 0 Å². The van der Waals surface area contributed by atoms with Gasteiger partial charge in [-0.25, -0.2) is 9.97 Å². The maximum absolute atomic E-state index is 5.70. The number of hydrogen-bond donors (Lipinski definition) is 1. The first-order valence-electron chi connectivity index (χ1n) is 9.85. The van der Waals surface area contributed by atoms with Gasteiger partial charge in [-0.2, -0.15) is 0 Å². The molecule has 1 N–H and O–H groups in total. The zero-order chi connectivity index (χ0) is 20.2. The number of anilines is 1. The van der Waals surface area contributed by atoms with Crippen molar-refractivity contribution in [2.75, 3.05) is 5.32 Å². The molecular weight excluding hydrogens is 364 g/mol. The van der Waals surface area contributed by atoms with Crippen LogP contribution >= 0.6 is 0 Å². The van der Waals surface area contributed by atoms with Crippen LogP contribution in [0.2, 0.25) is 0 Å². The van der Waals surface area contributed by atoms with Gasteiger partial charge in [0.05, 0.1) is 6.10 Å². The van der Waals surface area contributed by atoms with Gasteiger partial charge in [0.25, 0.3) is 0 Å². The van der Waals surface area contributed by atoms with Crippen LogP contribution in [0.4, 0.5) is 5.82 Å². The lowest BCUT2D eigenvalue weighted by molar-refractivity contribution is 0.242. The predicted molar refractivity (Wildman–Crippen MR) is 114 cm³/mol. The minimum atomic E-state index is 0.158. The van der Waals surface area contributed by atoms with Gasteiger partial charge in [0.1, 0.15) is 22.8 Å². The molecule has 6 heteroatoms. The molecule has 2 aromatic heterocycles. The van der Waals surface area contributed by atoms with Crippen molar-refractivity contribution in [2.24, 2.45) is 0 Å². The van der Waals surface area contributed by atoms with Crippen LogP contribution < -0.4 is 10.1 Å². The lowest BCUT2D eigenvalue weighted by Crippen LogP contribution is -2.06. The smallest absolute Gasteiger partial charge is 0.228 e. The van der Waals surface area contributed by atoms with Crippen molar-refractivity contribution in [1.29, 1.82) is 0 Å². The molecule has 148 valence electrons. The van der Waals surface area contributed by atoms with Crippen LogP contribution in [0.5, 0.6) is 5.75 Å². The minimum Gasteiger partial charge on any atom is -0.491 e. The molecule has 0 aliphatic carbocycles. The van der Waals surface area contributed by atoms with Gasteiger partial charge in [-0.1, -0.05) is 54.5 Å². The number of aromatic nitrogens is 3. The summed E-state index contributed by atoms with van der Waals surface area (Å²) in [5, 5.41) is 7.64. The normalized spacial score (nSPS) is 11.2. The molecule has 0 unspecified atom stereocenters. The highest BCUT2D eigenvalue weighted by molar-refractivity contribution is 5.93. The van der Waals surface area contributed by atoms with E-state index in [1.54, 1.807) is 0 Å². The molecule has 0 amide bonds. The second-order valence-corrected chi connectivity index (χ2v) is 7.08. The highest BCUT2D eigenvalue weighted by Gasteiger charge is 2.18. The summed E-state index contributed by atoms with van der Waals surface area (Å²) in [4.78, 5) is 9.28. The Kier molecular flexibility index (Phi) is 5.42. The van der Waals surface area contributed by atoms with E-state index in [2.05, 4.69) is 20.4 Å². The third-order valence-corrected chi connectivity index (χ3v) is 4.48. The number of benzene rings is 2. The van der Waals surface area contributed by atoms with Crippen molar-refractivity contribution < 1.29 is 9.26 Å². The van der Waals surface area contributed by atoms with Gasteiger partial charge >= 0.3 is 0 Å². The Labute approximate surface area is 169 Å². The molecule has 4 aromatic rings. The summed E-state index contributed by atoms with van der Waals surface area (Å²) in [6.45, 7) is 6.68. The number of nitrogens with zero attached hydrogens (tertiary/aromatic N) is 3. The Morgan fingerprint density at radius 3 is 2.45 bits per heavy atom. The van der Waals surface area contributed by atoms with Crippen molar-refractivity contribution >= 4 is 16.9 Å². The molecule has 0 saturated carbocycles. The Hall–Kier alpha value is -3.41. The molecule has 29 heavy (non-hydrogen) atoms. The van der Waals surface area contributed by atoms with Crippen molar-refractivity contribution in [3.63, 3.8) is 0 Å². The van der Waals surface area contributed by atoms with Crippen LogP contribution in [0.25, 0.3) is 22.4 Å². The molecule has 0 saturated heterocycles. The van der Waals surface area contributed by atoms with Gasteiger partial charge in [0.15, 0.2) is 5.82 Å². The second-order valence-electron chi connectivity index (χ2n) is 7.08. The summed E-state index contributed by atoms with van der Waals surface area (Å²) in [6.07, 6.45) is 0.886. The topological polar surface area (TPSA) is 73.1 Å². The van der Waals surface area contributed by atoms with Gasteiger partial charge in [-0.15, -0.1) is 0 Å². The average Bonchev–Trinajstić information content (AvgIpc) is 3.17. The third-order valence-electron chi connectivity index (χ3n) is 4.48. The molecule has 0 fully saturated rings. The number of aryl methyl sites for hydroxylation is 1. The lowest BCUT2D eigenvalue weighted by atomic mass is 10.1. The molecule has 2 aromatic carbocycles. The van der Waals surface area contributed by atoms with Crippen molar-refractivity contribution in [3.8, 4) is 17.0 Å². The molecule has 0 aliphatic rings. The standard InChI is InChI=1S/C23H24N4O2/c1-4-19-25-21-20(17-8-6-5-7-9-17)27-29-22(21)23(26-19)24-14-16-10-12-18(13-11-16)28-15(2)3/h5-13,15H,4,14H2,1-3H3,(H,24,25,26). The average molecular weight is 388 g/mol. The molecule has 0 spiro atoms. The van der Waals surface area contributed by atoms with Gasteiger partial charge in [0, 0.05) is 18.5 Å². The van der Waals surface area contributed by atoms with Crippen molar-refractivity contribution in [1.82, 2.24) is 15.1 Å². The summed E-state index contributed by atoms with van der Waals surface area (Å²) in [7, 11) is 0. The van der Waals surface area contributed by atoms with E-state index in [1.165, 1.54) is 0 Å². The maximum Gasteiger partial charge on any atom is 0.228 e. The van der Waals surface area contributed by atoms with Crippen LogP contribution in [0, 0.1) is 0 Å². The fourth-order valence-corrected chi connectivity index (χ4v) is 3.09. The quantitative estimate of drug-likeness (QED) is 0.466. The number of nitrogens with one attached hydrogen (secondary N) is 1. The molecule has 0 aliphatic heterocycles. The lowest BCUT2D eigenvalue weighted by Gasteiger charge is -2.11. The van der Waals surface area contributed by atoms with E-state index in [1.807, 2.05) is 75.4 Å². The minimum absolute atomic E-state index is 0.158. The Morgan fingerprint density at radius 1 is 1.00 bits per heavy atom. The fraction of sp³-hybridized carbons (Fsp3) is 0.261. The second kappa shape index (κ2) is 8.31. The monoisotopic (exact) mass is 388 g/mol. The Bertz CT molecular complexity index is 1090. The predicted octanol–water partition coefficient (Wildman–Crippen LogP) is 5.25. The highest BCUT2D eigenvalue weighted by Crippen LogP contribution is 2.30. The highest BCUT2D eigenvalue weighted by atomic mass is 16.5. The van der Waals surface area contributed by atoms with Gasteiger partial charge < -0.3 is 14.6 Å². The van der Waals surface area contributed by atoms with Crippen molar-refractivity contribution in [3.05, 3.63) is 66.0 Å². The molecule has 6 nitrogen and oxygen atoms in total. The largest absolute Gasteiger partial charge is 0.491 e. The van der Waals surface area contributed by atoms with E-state index >= 15 is 0 Å². The van der Waals surface area contributed by atoms with Gasteiger partial charge in [0.2, 0.25) is 5.58 Å². The third kappa shape index (κ3) is 4.21. The summed E-state index contributed by atoms with van der Waals surface area (Å²) >= 11 is 0.